The molecule has 0 aromatic heterocycles. The van der Waals surface area contributed by atoms with Gasteiger partial charge in [0.05, 0.1) is 13.5 Å². The number of rotatable bonds is 14. The fourth-order valence-corrected chi connectivity index (χ4v) is 4.78. The van der Waals surface area contributed by atoms with Gasteiger partial charge >= 0.3 is 18.1 Å². The molecule has 1 atom stereocenters. The molecule has 5 nitrogen and oxygen atoms in total. The van der Waals surface area contributed by atoms with Crippen LogP contribution in [0.15, 0.2) is 23.3 Å². The Morgan fingerprint density at radius 1 is 1.00 bits per heavy atom. The number of nitrogens with zero attached hydrogens (tertiary/aromatic N) is 2. The van der Waals surface area contributed by atoms with Gasteiger partial charge in [0, 0.05) is 11.1 Å². The molecule has 0 fully saturated rings. The van der Waals surface area contributed by atoms with Crippen molar-refractivity contribution in [3.05, 3.63) is 28.8 Å². The molecule has 204 valence electrons. The quantitative estimate of drug-likeness (QED) is 0.0582. The Morgan fingerprint density at radius 3 is 2.06 bits per heavy atom. The number of hydrogen-bond donors (Lipinski definition) is 0. The van der Waals surface area contributed by atoms with Crippen LogP contribution in [-0.4, -0.2) is 36.3 Å². The zero-order chi connectivity index (χ0) is 27.2. The molecule has 1 aromatic rings. The molecule has 10 heteroatoms. The molecular formula is C26H39ClF3N2O3S+. The maximum absolute atomic E-state index is 13.8. The fourth-order valence-electron chi connectivity index (χ4n) is 3.67. The van der Waals surface area contributed by atoms with Crippen molar-refractivity contribution < 1.29 is 27.5 Å². The number of alkyl halides is 3. The van der Waals surface area contributed by atoms with Gasteiger partial charge in [0.25, 0.3) is 0 Å². The van der Waals surface area contributed by atoms with Crippen molar-refractivity contribution in [1.29, 1.82) is 0 Å². The summed E-state index contributed by atoms with van der Waals surface area (Å²) >= 11 is 6.90. The van der Waals surface area contributed by atoms with Crippen LogP contribution in [-0.2, 0) is 20.5 Å². The first-order valence-corrected chi connectivity index (χ1v) is 14.0. The minimum absolute atomic E-state index is 0.0786. The maximum atomic E-state index is 13.8. The zero-order valence-corrected chi connectivity index (χ0v) is 23.3. The van der Waals surface area contributed by atoms with Gasteiger partial charge in [-0.1, -0.05) is 93.2 Å². The van der Waals surface area contributed by atoms with Gasteiger partial charge in [-0.05, 0) is 31.2 Å². The largest absolute Gasteiger partial charge is 0.461 e. The first kappa shape index (κ1) is 32.4. The van der Waals surface area contributed by atoms with Gasteiger partial charge < -0.3 is 4.74 Å². The van der Waals surface area contributed by atoms with Gasteiger partial charge in [-0.25, -0.2) is 9.59 Å². The highest BCUT2D eigenvalue weighted by molar-refractivity contribution is 8.15. The molecule has 0 radical (unpaired) electrons. The van der Waals surface area contributed by atoms with Crippen LogP contribution in [0.1, 0.15) is 90.5 Å². The van der Waals surface area contributed by atoms with E-state index in [1.54, 1.807) is 6.92 Å². The number of carbonyl (C=O) groups excluding carboxylic acids is 2. The van der Waals surface area contributed by atoms with Gasteiger partial charge in [0.1, 0.15) is 12.6 Å². The Balaban J connectivity index is 2.96. The van der Waals surface area contributed by atoms with Gasteiger partial charge in [0.2, 0.25) is 5.04 Å². The summed E-state index contributed by atoms with van der Waals surface area (Å²) < 4.78 is 45.3. The number of ether oxygens (including phenoxy) is 1. The lowest BCUT2D eigenvalue weighted by Gasteiger charge is -2.26. The number of esters is 1. The summed E-state index contributed by atoms with van der Waals surface area (Å²) in [5, 5.41) is 3.98. The third-order valence-corrected chi connectivity index (χ3v) is 7.07. The molecule has 0 aliphatic rings. The molecule has 0 aliphatic carbocycles. The van der Waals surface area contributed by atoms with E-state index in [9.17, 15) is 22.8 Å². The standard InChI is InChI=1S/C26H39ClF3N2O3S/c1-5-7-8-9-10-11-12-13-14-15-18-36-24(25(34)35-6-2)31-32(4,20(3)33)23-17-16-21(27)19-22(23)26(28,29)30/h16-17,19H,5-15,18H2,1-4H3/q+1. The molecule has 1 unspecified atom stereocenters. The number of halogens is 4. The van der Waals surface area contributed by atoms with Crippen molar-refractivity contribution in [3.8, 4) is 0 Å². The second-order valence-electron chi connectivity index (χ2n) is 8.79. The molecule has 0 saturated carbocycles. The fraction of sp³-hybridized carbons (Fsp3) is 0.654. The van der Waals surface area contributed by atoms with Crippen LogP contribution in [0.5, 0.6) is 0 Å². The third kappa shape index (κ3) is 10.8. The van der Waals surface area contributed by atoms with Crippen LogP contribution in [0.2, 0.25) is 5.02 Å². The van der Waals surface area contributed by atoms with Crippen molar-refractivity contribution in [2.45, 2.75) is 91.2 Å². The number of benzene rings is 1. The highest BCUT2D eigenvalue weighted by Gasteiger charge is 2.44. The summed E-state index contributed by atoms with van der Waals surface area (Å²) in [5.74, 6) is -0.912. The van der Waals surface area contributed by atoms with E-state index < -0.39 is 33.9 Å². The third-order valence-electron chi connectivity index (χ3n) is 5.82. The Hall–Kier alpha value is -1.58. The first-order valence-electron chi connectivity index (χ1n) is 12.6. The van der Waals surface area contributed by atoms with Crippen molar-refractivity contribution in [2.75, 3.05) is 19.4 Å². The Labute approximate surface area is 222 Å². The topological polar surface area (TPSA) is 55.7 Å². The molecule has 0 aliphatic heterocycles. The minimum atomic E-state index is -4.77. The van der Waals surface area contributed by atoms with Gasteiger partial charge in [-0.3, -0.25) is 0 Å². The number of quaternary nitrogens is 1. The van der Waals surface area contributed by atoms with E-state index in [0.29, 0.717) is 5.75 Å². The monoisotopic (exact) mass is 551 g/mol. The smallest absolute Gasteiger partial charge is 0.422 e. The SMILES string of the molecule is CCCCCCCCCCCCSC(=N[N+](C)(C(C)=O)c1ccc(Cl)cc1C(F)(F)F)C(=O)OCC. The second kappa shape index (κ2) is 16.3. The zero-order valence-electron chi connectivity index (χ0n) is 21.8. The van der Waals surface area contributed by atoms with E-state index in [1.807, 2.05) is 0 Å². The Morgan fingerprint density at radius 2 is 1.56 bits per heavy atom. The van der Waals surface area contributed by atoms with Crippen LogP contribution in [0.25, 0.3) is 0 Å². The summed E-state index contributed by atoms with van der Waals surface area (Å²) in [4.78, 5) is 25.2. The average Bonchev–Trinajstić information content (AvgIpc) is 2.81. The van der Waals surface area contributed by atoms with Gasteiger partial charge in [0.15, 0.2) is 5.69 Å². The molecule has 1 aromatic carbocycles. The first-order chi connectivity index (χ1) is 17.0. The number of thioether (sulfide) groups is 1. The van der Waals surface area contributed by atoms with Crippen molar-refractivity contribution >= 4 is 46.0 Å². The lowest BCUT2D eigenvalue weighted by molar-refractivity contribution is -0.139. The van der Waals surface area contributed by atoms with Crippen LogP contribution in [0, 0.1) is 0 Å². The van der Waals surface area contributed by atoms with Crippen molar-refractivity contribution in [3.63, 3.8) is 0 Å². The molecular weight excluding hydrogens is 513 g/mol. The Bertz CT molecular complexity index is 880. The molecule has 0 N–H and O–H groups in total. The summed E-state index contributed by atoms with van der Waals surface area (Å²) in [7, 11) is 1.22. The van der Waals surface area contributed by atoms with E-state index in [0.717, 1.165) is 56.5 Å². The second-order valence-corrected chi connectivity index (χ2v) is 10.3. The number of carbonyl (C=O) groups is 2. The predicted molar refractivity (Wildman–Crippen MR) is 143 cm³/mol. The molecule has 0 heterocycles. The normalized spacial score (nSPS) is 13.9. The number of amides is 1. The van der Waals surface area contributed by atoms with E-state index in [1.165, 1.54) is 51.6 Å². The molecule has 0 saturated heterocycles. The molecule has 1 amide bonds. The van der Waals surface area contributed by atoms with Crippen molar-refractivity contribution in [1.82, 2.24) is 4.59 Å². The van der Waals surface area contributed by atoms with Crippen LogP contribution in [0.4, 0.5) is 18.9 Å². The lowest BCUT2D eigenvalue weighted by Crippen LogP contribution is -2.46. The molecule has 0 bridgehead atoms. The van der Waals surface area contributed by atoms with Gasteiger partial charge in [-0.15, -0.1) is 4.59 Å². The summed E-state index contributed by atoms with van der Waals surface area (Å²) in [6.07, 6.45) is 6.83. The maximum Gasteiger partial charge on any atom is 0.422 e. The van der Waals surface area contributed by atoms with Gasteiger partial charge in [-0.2, -0.15) is 13.2 Å². The van der Waals surface area contributed by atoms with E-state index in [-0.39, 0.29) is 16.7 Å². The predicted octanol–water partition coefficient (Wildman–Crippen LogP) is 8.37. The van der Waals surface area contributed by atoms with Crippen LogP contribution >= 0.6 is 23.4 Å². The number of hydrogen-bond acceptors (Lipinski definition) is 5. The van der Waals surface area contributed by atoms with E-state index in [2.05, 4.69) is 12.0 Å². The van der Waals surface area contributed by atoms with E-state index >= 15 is 0 Å². The minimum Gasteiger partial charge on any atom is -0.461 e. The number of unbranched alkanes of at least 4 members (excludes halogenated alkanes) is 9. The molecule has 0 spiro atoms. The highest BCUT2D eigenvalue weighted by atomic mass is 35.5. The highest BCUT2D eigenvalue weighted by Crippen LogP contribution is 2.41. The van der Waals surface area contributed by atoms with Crippen LogP contribution < -0.4 is 4.59 Å². The van der Waals surface area contributed by atoms with E-state index in [4.69, 9.17) is 16.3 Å². The summed E-state index contributed by atoms with van der Waals surface area (Å²) in [6, 6.07) is 3.14. The Kier molecular flexibility index (Phi) is 14.7. The lowest BCUT2D eigenvalue weighted by atomic mass is 10.1. The van der Waals surface area contributed by atoms with Crippen LogP contribution in [0.3, 0.4) is 0 Å². The summed E-state index contributed by atoms with van der Waals surface area (Å²) in [5.41, 5.74) is -1.50. The van der Waals surface area contributed by atoms with Crippen molar-refractivity contribution in [2.24, 2.45) is 5.10 Å². The summed E-state index contributed by atoms with van der Waals surface area (Å²) in [6.45, 7) is 5.04. The average molecular weight is 552 g/mol. The molecule has 36 heavy (non-hydrogen) atoms. The molecule has 1 rings (SSSR count).